The molecular weight excluding hydrogens is 704 g/mol. The summed E-state index contributed by atoms with van der Waals surface area (Å²) in [6, 6.07) is 31.2. The van der Waals surface area contributed by atoms with Crippen molar-refractivity contribution in [2.24, 2.45) is 0 Å². The van der Waals surface area contributed by atoms with Crippen LogP contribution in [0.4, 0.5) is 0 Å². The standard InChI is InChI=1S/2C16H19O2PS2.Zn/c2*1-3-13-9-5-7-11-15(13)17-19(20,21)18-16-12-8-6-10-14(16)4-2;/h2*5-12H,3-4H2,1-2H3,(H,20,21);/q;;+2/p-2. The summed E-state index contributed by atoms with van der Waals surface area (Å²) in [5.41, 5.74) is -1.25. The summed E-state index contributed by atoms with van der Waals surface area (Å²) in [7, 11) is 0. The maximum Gasteiger partial charge on any atom is 2.00 e. The van der Waals surface area contributed by atoms with E-state index >= 15 is 0 Å². The van der Waals surface area contributed by atoms with Crippen molar-refractivity contribution in [1.29, 1.82) is 0 Å². The molecule has 0 aliphatic rings. The zero-order chi connectivity index (χ0) is 30.6. The van der Waals surface area contributed by atoms with Crippen LogP contribution in [0.2, 0.25) is 0 Å². The molecule has 0 amide bonds. The Morgan fingerprint density at radius 1 is 0.442 bits per heavy atom. The van der Waals surface area contributed by atoms with Gasteiger partial charge < -0.3 is 42.6 Å². The number of hydrogen-bond acceptors (Lipinski definition) is 8. The van der Waals surface area contributed by atoms with Crippen molar-refractivity contribution in [2.45, 2.75) is 53.4 Å². The van der Waals surface area contributed by atoms with Crippen molar-refractivity contribution >= 4 is 59.5 Å². The largest absolute Gasteiger partial charge is 2.00 e. The Kier molecular flexibility index (Phi) is 16.4. The monoisotopic (exact) mass is 738 g/mol. The summed E-state index contributed by atoms with van der Waals surface area (Å²) < 4.78 is 23.4. The quantitative estimate of drug-likeness (QED) is 0.0808. The number of hydrogen-bond donors (Lipinski definition) is 0. The molecule has 0 heterocycles. The fraction of sp³-hybridized carbons (Fsp3) is 0.250. The molecule has 4 aromatic carbocycles. The molecule has 0 spiro atoms. The third-order valence-corrected chi connectivity index (χ3v) is 9.72. The van der Waals surface area contributed by atoms with Crippen LogP contribution >= 0.6 is 11.4 Å². The summed E-state index contributed by atoms with van der Waals surface area (Å²) >= 11 is 21.6. The second kappa shape index (κ2) is 18.6. The molecule has 0 saturated heterocycles. The number of rotatable bonds is 12. The van der Waals surface area contributed by atoms with Gasteiger partial charge in [0.2, 0.25) is 0 Å². The normalized spacial score (nSPS) is 10.9. The first kappa shape index (κ1) is 37.9. The van der Waals surface area contributed by atoms with E-state index < -0.39 is 11.4 Å². The predicted octanol–water partition coefficient (Wildman–Crippen LogP) is 10.1. The van der Waals surface area contributed by atoms with E-state index in [1.165, 1.54) is 0 Å². The van der Waals surface area contributed by atoms with Gasteiger partial charge in [-0.3, -0.25) is 0 Å². The van der Waals surface area contributed by atoms with Crippen LogP contribution in [0.15, 0.2) is 97.1 Å². The smallest absolute Gasteiger partial charge is 0.665 e. The first-order valence-corrected chi connectivity index (χ1v) is 21.1. The topological polar surface area (TPSA) is 36.9 Å². The maximum absolute atomic E-state index is 5.85. The van der Waals surface area contributed by atoms with Gasteiger partial charge in [0.15, 0.2) is 11.4 Å². The van der Waals surface area contributed by atoms with Gasteiger partial charge in [0.1, 0.15) is 23.0 Å². The van der Waals surface area contributed by atoms with Crippen LogP contribution in [-0.2, 0) is 93.3 Å². The van der Waals surface area contributed by atoms with E-state index in [9.17, 15) is 0 Å². The minimum Gasteiger partial charge on any atom is -0.665 e. The fourth-order valence-corrected chi connectivity index (χ4v) is 7.74. The molecule has 0 fully saturated rings. The molecule has 0 aromatic heterocycles. The summed E-state index contributed by atoms with van der Waals surface area (Å²) in [5, 5.41) is 0. The van der Waals surface area contributed by atoms with Crippen LogP contribution in [0, 0.1) is 0 Å². The van der Waals surface area contributed by atoms with Gasteiger partial charge in [-0.1, -0.05) is 100 Å². The first-order chi connectivity index (χ1) is 20.1. The van der Waals surface area contributed by atoms with E-state index in [2.05, 4.69) is 27.7 Å². The average Bonchev–Trinajstić information content (AvgIpc) is 2.98. The summed E-state index contributed by atoms with van der Waals surface area (Å²) in [4.78, 5) is 0. The minimum absolute atomic E-state index is 0. The van der Waals surface area contributed by atoms with Crippen LogP contribution in [0.25, 0.3) is 0 Å². The fourth-order valence-electron chi connectivity index (χ4n) is 4.06. The van der Waals surface area contributed by atoms with Gasteiger partial charge in [-0.25, -0.2) is 0 Å². The first-order valence-electron chi connectivity index (χ1n) is 13.8. The van der Waals surface area contributed by atoms with E-state index in [0.29, 0.717) is 0 Å². The molecule has 0 bridgehead atoms. The zero-order valence-electron chi connectivity index (χ0n) is 24.9. The van der Waals surface area contributed by atoms with Crippen LogP contribution in [0.3, 0.4) is 0 Å². The van der Waals surface area contributed by atoms with Gasteiger partial charge in [0, 0.05) is 0 Å². The van der Waals surface area contributed by atoms with Gasteiger partial charge in [0.05, 0.1) is 0 Å². The molecule has 0 atom stereocenters. The van der Waals surface area contributed by atoms with Crippen LogP contribution in [0.5, 0.6) is 23.0 Å². The third-order valence-electron chi connectivity index (χ3n) is 6.25. The molecule has 224 valence electrons. The Bertz CT molecular complexity index is 1330. The van der Waals surface area contributed by atoms with Crippen molar-refractivity contribution in [3.63, 3.8) is 0 Å². The average molecular weight is 740 g/mol. The minimum atomic E-state index is -2.80. The van der Waals surface area contributed by atoms with Gasteiger partial charge >= 0.3 is 19.5 Å². The Hall–Kier alpha value is -1.30. The molecule has 11 heteroatoms. The van der Waals surface area contributed by atoms with E-state index in [-0.39, 0.29) is 19.5 Å². The predicted molar refractivity (Wildman–Crippen MR) is 189 cm³/mol. The van der Waals surface area contributed by atoms with Crippen LogP contribution in [-0.4, -0.2) is 0 Å². The van der Waals surface area contributed by atoms with Gasteiger partial charge in [-0.2, -0.15) is 0 Å². The van der Waals surface area contributed by atoms with E-state index in [4.69, 9.17) is 66.2 Å². The van der Waals surface area contributed by atoms with E-state index in [1.807, 2.05) is 97.1 Å². The molecule has 0 radical (unpaired) electrons. The van der Waals surface area contributed by atoms with Crippen molar-refractivity contribution in [3.8, 4) is 23.0 Å². The molecule has 43 heavy (non-hydrogen) atoms. The Morgan fingerprint density at radius 3 is 0.814 bits per heavy atom. The SMILES string of the molecule is CCc1ccccc1OP(=S)([S-])Oc1ccccc1CC.CCc1ccccc1OP(=S)([S-])Oc1ccccc1CC.[Zn+2]. The number of aryl methyl sites for hydroxylation is 4. The second-order valence-corrected chi connectivity index (χ2v) is 18.8. The maximum atomic E-state index is 5.85. The molecule has 0 aliphatic heterocycles. The van der Waals surface area contributed by atoms with Crippen LogP contribution in [0.1, 0.15) is 49.9 Å². The molecule has 4 nitrogen and oxygen atoms in total. The number of para-hydroxylation sites is 4. The van der Waals surface area contributed by atoms with Crippen molar-refractivity contribution < 1.29 is 37.6 Å². The Labute approximate surface area is 290 Å². The molecule has 4 aromatic rings. The van der Waals surface area contributed by atoms with Crippen molar-refractivity contribution in [2.75, 3.05) is 0 Å². The molecular formula is C32H36O4P2S4Zn. The van der Waals surface area contributed by atoms with E-state index in [0.717, 1.165) is 70.9 Å². The van der Waals surface area contributed by atoms with Crippen molar-refractivity contribution in [1.82, 2.24) is 0 Å². The Morgan fingerprint density at radius 2 is 0.628 bits per heavy atom. The van der Waals surface area contributed by atoms with Crippen molar-refractivity contribution in [3.05, 3.63) is 119 Å². The number of benzene rings is 4. The summed E-state index contributed by atoms with van der Waals surface area (Å²) in [6.45, 7) is 8.29. The van der Waals surface area contributed by atoms with Gasteiger partial charge in [0.25, 0.3) is 0 Å². The third kappa shape index (κ3) is 12.2. The second-order valence-electron chi connectivity index (χ2n) is 9.10. The zero-order valence-corrected chi connectivity index (χ0v) is 33.0. The van der Waals surface area contributed by atoms with Crippen LogP contribution < -0.4 is 18.1 Å². The molecule has 0 aliphatic carbocycles. The molecule has 0 saturated carbocycles. The van der Waals surface area contributed by atoms with Gasteiger partial charge in [-0.15, -0.1) is 0 Å². The Balaban J connectivity index is 0.000000293. The molecule has 0 N–H and O–H groups in total. The molecule has 0 unspecified atom stereocenters. The van der Waals surface area contributed by atoms with E-state index in [1.54, 1.807) is 0 Å². The summed E-state index contributed by atoms with van der Waals surface area (Å²) in [6.07, 6.45) is 3.47. The van der Waals surface area contributed by atoms with Gasteiger partial charge in [-0.05, 0) is 95.8 Å². The molecule has 4 rings (SSSR count). The summed E-state index contributed by atoms with van der Waals surface area (Å²) in [5.74, 6) is 2.92.